The molecule has 0 atom stereocenters. The highest BCUT2D eigenvalue weighted by molar-refractivity contribution is 7.93. The molecule has 6 nitrogen and oxygen atoms in total. The van der Waals surface area contributed by atoms with Gasteiger partial charge in [0.15, 0.2) is 0 Å². The molecule has 9 heteroatoms. The van der Waals surface area contributed by atoms with Gasteiger partial charge in [-0.25, -0.2) is 21.2 Å². The molecule has 3 rings (SSSR count). The van der Waals surface area contributed by atoms with Crippen molar-refractivity contribution in [2.75, 3.05) is 15.3 Å². The second-order valence-electron chi connectivity index (χ2n) is 6.32. The summed E-state index contributed by atoms with van der Waals surface area (Å²) in [6.07, 6.45) is 2.55. The smallest absolute Gasteiger partial charge is 0.261 e. The number of hydrogen-bond acceptors (Lipinski definition) is 4. The van der Waals surface area contributed by atoms with E-state index < -0.39 is 25.9 Å². The van der Waals surface area contributed by atoms with Crippen LogP contribution in [0.5, 0.6) is 0 Å². The van der Waals surface area contributed by atoms with E-state index in [2.05, 4.69) is 4.72 Å². The number of rotatable bonds is 6. The first kappa shape index (κ1) is 18.7. The van der Waals surface area contributed by atoms with Crippen LogP contribution < -0.4 is 9.03 Å². The Morgan fingerprint density at radius 2 is 1.73 bits per heavy atom. The van der Waals surface area contributed by atoms with Crippen molar-refractivity contribution >= 4 is 31.4 Å². The predicted molar refractivity (Wildman–Crippen MR) is 98.7 cm³/mol. The van der Waals surface area contributed by atoms with Gasteiger partial charge in [0, 0.05) is 6.04 Å². The lowest BCUT2D eigenvalue weighted by Gasteiger charge is -2.25. The van der Waals surface area contributed by atoms with Crippen LogP contribution in [0.3, 0.4) is 0 Å². The van der Waals surface area contributed by atoms with Crippen molar-refractivity contribution in [2.24, 2.45) is 0 Å². The third-order valence-electron chi connectivity index (χ3n) is 4.06. The molecule has 1 fully saturated rings. The maximum atomic E-state index is 13.4. The topological polar surface area (TPSA) is 83.6 Å². The highest BCUT2D eigenvalue weighted by Crippen LogP contribution is 2.38. The van der Waals surface area contributed by atoms with Crippen LogP contribution in [0, 0.1) is 12.7 Å². The van der Waals surface area contributed by atoms with Crippen molar-refractivity contribution in [1.82, 2.24) is 0 Å². The van der Waals surface area contributed by atoms with Gasteiger partial charge in [0.05, 0.1) is 22.5 Å². The third kappa shape index (κ3) is 3.83. The Kier molecular flexibility index (Phi) is 4.70. The van der Waals surface area contributed by atoms with E-state index in [1.54, 1.807) is 18.2 Å². The summed E-state index contributed by atoms with van der Waals surface area (Å²) in [5, 5.41) is 0. The number of nitrogens with one attached hydrogen (secondary N) is 1. The highest BCUT2D eigenvalue weighted by Gasteiger charge is 2.36. The molecule has 0 heterocycles. The molecule has 0 aliphatic heterocycles. The second-order valence-corrected chi connectivity index (χ2v) is 9.87. The van der Waals surface area contributed by atoms with Crippen molar-refractivity contribution in [3.63, 3.8) is 0 Å². The van der Waals surface area contributed by atoms with Gasteiger partial charge in [-0.1, -0.05) is 12.1 Å². The zero-order chi connectivity index (χ0) is 19.1. The molecule has 1 N–H and O–H groups in total. The monoisotopic (exact) mass is 398 g/mol. The van der Waals surface area contributed by atoms with Crippen molar-refractivity contribution < 1.29 is 21.2 Å². The lowest BCUT2D eigenvalue weighted by molar-refractivity contribution is 0.594. The fourth-order valence-electron chi connectivity index (χ4n) is 2.70. The fraction of sp³-hybridized carbons (Fsp3) is 0.294. The Balaban J connectivity index is 2.01. The van der Waals surface area contributed by atoms with Crippen LogP contribution in [0.15, 0.2) is 47.4 Å². The van der Waals surface area contributed by atoms with E-state index >= 15 is 0 Å². The summed E-state index contributed by atoms with van der Waals surface area (Å²) < 4.78 is 66.8. The number of aryl methyl sites for hydroxylation is 1. The molecule has 1 aliphatic rings. The molecule has 0 spiro atoms. The first-order chi connectivity index (χ1) is 12.1. The molecular formula is C17H19FN2O4S2. The van der Waals surface area contributed by atoms with Crippen molar-refractivity contribution in [2.45, 2.75) is 30.7 Å². The van der Waals surface area contributed by atoms with Gasteiger partial charge in [0.1, 0.15) is 5.82 Å². The summed E-state index contributed by atoms with van der Waals surface area (Å²) in [5.41, 5.74) is 0.642. The normalized spacial score (nSPS) is 14.9. The molecule has 0 amide bonds. The maximum absolute atomic E-state index is 13.4. The van der Waals surface area contributed by atoms with Crippen LogP contribution in [0.4, 0.5) is 15.8 Å². The van der Waals surface area contributed by atoms with Crippen molar-refractivity contribution in [1.29, 1.82) is 0 Å². The molecule has 0 saturated heterocycles. The lowest BCUT2D eigenvalue weighted by Crippen LogP contribution is -2.33. The number of anilines is 2. The Labute approximate surface area is 152 Å². The van der Waals surface area contributed by atoms with E-state index in [-0.39, 0.29) is 27.9 Å². The Morgan fingerprint density at radius 3 is 2.31 bits per heavy atom. The van der Waals surface area contributed by atoms with Crippen LogP contribution in [0.25, 0.3) is 0 Å². The van der Waals surface area contributed by atoms with Crippen LogP contribution in [0.1, 0.15) is 18.4 Å². The lowest BCUT2D eigenvalue weighted by atomic mass is 10.2. The van der Waals surface area contributed by atoms with Gasteiger partial charge in [0.25, 0.3) is 10.0 Å². The molecule has 2 aromatic carbocycles. The molecule has 2 aromatic rings. The average Bonchev–Trinajstić information content (AvgIpc) is 3.35. The van der Waals surface area contributed by atoms with Gasteiger partial charge in [-0.15, -0.1) is 0 Å². The summed E-state index contributed by atoms with van der Waals surface area (Å²) in [6, 6.07) is 9.65. The quantitative estimate of drug-likeness (QED) is 0.811. The van der Waals surface area contributed by atoms with Gasteiger partial charge in [-0.2, -0.15) is 0 Å². The number of hydrogen-bond donors (Lipinski definition) is 1. The summed E-state index contributed by atoms with van der Waals surface area (Å²) >= 11 is 0. The summed E-state index contributed by atoms with van der Waals surface area (Å²) in [6.45, 7) is 1.47. The number of nitrogens with zero attached hydrogens (tertiary/aromatic N) is 1. The molecular weight excluding hydrogens is 379 g/mol. The van der Waals surface area contributed by atoms with Crippen LogP contribution >= 0.6 is 0 Å². The van der Waals surface area contributed by atoms with Gasteiger partial charge in [-0.3, -0.25) is 9.03 Å². The zero-order valence-corrected chi connectivity index (χ0v) is 15.9. The molecule has 0 aromatic heterocycles. The number of benzene rings is 2. The molecule has 1 saturated carbocycles. The van der Waals surface area contributed by atoms with E-state index in [9.17, 15) is 21.2 Å². The Bertz CT molecular complexity index is 1050. The standard InChI is InChI=1S/C17H19FN2O4S2/c1-12-11-14(9-10-15(12)18)26(23,24)19-16-5-3-4-6-17(16)20(13-7-8-13)25(2,21)22/h3-6,9-11,13,19H,7-8H2,1-2H3. The minimum atomic E-state index is -4.00. The molecule has 0 unspecified atom stereocenters. The number of para-hydroxylation sites is 2. The van der Waals surface area contributed by atoms with Gasteiger partial charge in [0.2, 0.25) is 10.0 Å². The van der Waals surface area contributed by atoms with E-state index in [1.165, 1.54) is 29.4 Å². The average molecular weight is 398 g/mol. The van der Waals surface area contributed by atoms with E-state index in [4.69, 9.17) is 0 Å². The van der Waals surface area contributed by atoms with E-state index in [0.717, 1.165) is 25.2 Å². The van der Waals surface area contributed by atoms with Crippen LogP contribution in [0.2, 0.25) is 0 Å². The summed E-state index contributed by atoms with van der Waals surface area (Å²) in [5.74, 6) is -0.499. The van der Waals surface area contributed by atoms with Crippen LogP contribution in [-0.4, -0.2) is 29.1 Å². The summed E-state index contributed by atoms with van der Waals surface area (Å²) in [4.78, 5) is -0.0940. The fourth-order valence-corrected chi connectivity index (χ4v) is 5.12. The van der Waals surface area contributed by atoms with Crippen LogP contribution in [-0.2, 0) is 20.0 Å². The number of halogens is 1. The van der Waals surface area contributed by atoms with Gasteiger partial charge in [-0.05, 0) is 55.7 Å². The molecule has 0 radical (unpaired) electrons. The molecule has 0 bridgehead atoms. The predicted octanol–water partition coefficient (Wildman–Crippen LogP) is 2.86. The Hall–Kier alpha value is -2.13. The van der Waals surface area contributed by atoms with E-state index in [0.29, 0.717) is 0 Å². The molecule has 140 valence electrons. The largest absolute Gasteiger partial charge is 0.277 e. The molecule has 1 aliphatic carbocycles. The highest BCUT2D eigenvalue weighted by atomic mass is 32.2. The summed E-state index contributed by atoms with van der Waals surface area (Å²) in [7, 11) is -7.56. The third-order valence-corrected chi connectivity index (χ3v) is 6.63. The first-order valence-electron chi connectivity index (χ1n) is 7.97. The van der Waals surface area contributed by atoms with Crippen molar-refractivity contribution in [3.8, 4) is 0 Å². The maximum Gasteiger partial charge on any atom is 0.261 e. The van der Waals surface area contributed by atoms with Gasteiger partial charge >= 0.3 is 0 Å². The van der Waals surface area contributed by atoms with E-state index in [1.807, 2.05) is 0 Å². The first-order valence-corrected chi connectivity index (χ1v) is 11.3. The SMILES string of the molecule is Cc1cc(S(=O)(=O)Nc2ccccc2N(C2CC2)S(C)(=O)=O)ccc1F. The molecule has 26 heavy (non-hydrogen) atoms. The van der Waals surface area contributed by atoms with Crippen molar-refractivity contribution in [3.05, 3.63) is 53.8 Å². The minimum absolute atomic E-state index is 0.0940. The number of sulfonamides is 2. The zero-order valence-electron chi connectivity index (χ0n) is 14.3. The van der Waals surface area contributed by atoms with Gasteiger partial charge < -0.3 is 0 Å². The minimum Gasteiger partial charge on any atom is -0.277 e. The second kappa shape index (κ2) is 6.55. The Morgan fingerprint density at radius 1 is 1.08 bits per heavy atom.